The summed E-state index contributed by atoms with van der Waals surface area (Å²) in [5.41, 5.74) is 5.45. The number of hydrogen-bond donors (Lipinski definition) is 1. The zero-order valence-corrected chi connectivity index (χ0v) is 22.1. The second-order valence-corrected chi connectivity index (χ2v) is 10.1. The minimum absolute atomic E-state index is 0.249. The molecule has 0 saturated heterocycles. The van der Waals surface area contributed by atoms with Crippen LogP contribution in [0, 0.1) is 5.82 Å². The van der Waals surface area contributed by atoms with Gasteiger partial charge < -0.3 is 19.1 Å². The van der Waals surface area contributed by atoms with Crippen LogP contribution in [-0.4, -0.2) is 22.4 Å². The van der Waals surface area contributed by atoms with Crippen molar-refractivity contribution in [2.24, 2.45) is 0 Å². The SMILES string of the molecule is O=C(O)Oc1cc2c(C3=C(c4ccc(F)cc4)CCCC3)cccc2n1CCCOc1cccc2ccccc12. The highest BCUT2D eigenvalue weighted by molar-refractivity contribution is 6.01. The molecule has 5 aromatic rings. The van der Waals surface area contributed by atoms with Gasteiger partial charge in [-0.2, -0.15) is 0 Å². The Morgan fingerprint density at radius 3 is 2.42 bits per heavy atom. The number of fused-ring (bicyclic) bond motifs is 2. The molecule has 1 aliphatic rings. The first-order chi connectivity index (χ1) is 19.6. The number of ether oxygens (including phenoxy) is 2. The van der Waals surface area contributed by atoms with E-state index in [1.165, 1.54) is 23.3 Å². The number of aromatic nitrogens is 1. The summed E-state index contributed by atoms with van der Waals surface area (Å²) in [4.78, 5) is 11.6. The van der Waals surface area contributed by atoms with E-state index in [1.807, 2.05) is 65.2 Å². The lowest BCUT2D eigenvalue weighted by molar-refractivity contribution is 0.140. The lowest BCUT2D eigenvalue weighted by atomic mass is 9.83. The standard InChI is InChI=1S/C34H30FNO4/c35-25-18-16-24(17-19-25)26-10-3-4-12-28(26)29-13-6-14-31-30(29)22-33(40-34(37)38)36(31)20-7-21-39-32-15-5-9-23-8-1-2-11-27(23)32/h1-2,5-6,8-9,11,13-19,22H,3-4,7,10,12,20-21H2,(H,37,38). The van der Waals surface area contributed by atoms with Crippen molar-refractivity contribution < 1.29 is 23.8 Å². The molecule has 1 aromatic heterocycles. The first kappa shape index (κ1) is 25.7. The van der Waals surface area contributed by atoms with Gasteiger partial charge in [-0.3, -0.25) is 0 Å². The highest BCUT2D eigenvalue weighted by Crippen LogP contribution is 2.42. The fraction of sp³-hybridized carbons (Fsp3) is 0.206. The molecule has 5 nitrogen and oxygen atoms in total. The van der Waals surface area contributed by atoms with Crippen LogP contribution in [0.25, 0.3) is 32.8 Å². The number of carbonyl (C=O) groups is 1. The van der Waals surface area contributed by atoms with Gasteiger partial charge in [0.15, 0.2) is 0 Å². The first-order valence-corrected chi connectivity index (χ1v) is 13.7. The number of hydrogen-bond acceptors (Lipinski definition) is 3. The summed E-state index contributed by atoms with van der Waals surface area (Å²) >= 11 is 0. The quantitative estimate of drug-likeness (QED) is 0.159. The summed E-state index contributed by atoms with van der Waals surface area (Å²) < 4.78 is 26.9. The average molecular weight is 536 g/mol. The molecule has 0 radical (unpaired) electrons. The van der Waals surface area contributed by atoms with Crippen LogP contribution in [0.2, 0.25) is 0 Å². The molecule has 0 atom stereocenters. The third-order valence-corrected chi connectivity index (χ3v) is 7.62. The number of aryl methyl sites for hydroxylation is 1. The maximum Gasteiger partial charge on any atom is 0.512 e. The summed E-state index contributed by atoms with van der Waals surface area (Å²) in [5, 5.41) is 12.6. The molecular formula is C34H30FNO4. The molecule has 6 heteroatoms. The van der Waals surface area contributed by atoms with E-state index in [9.17, 15) is 14.3 Å². The average Bonchev–Trinajstić information content (AvgIpc) is 3.32. The van der Waals surface area contributed by atoms with Crippen molar-refractivity contribution in [2.75, 3.05) is 6.61 Å². The Morgan fingerprint density at radius 2 is 1.60 bits per heavy atom. The van der Waals surface area contributed by atoms with Crippen LogP contribution in [0.5, 0.6) is 11.6 Å². The van der Waals surface area contributed by atoms with E-state index >= 15 is 0 Å². The van der Waals surface area contributed by atoms with Gasteiger partial charge in [0, 0.05) is 23.4 Å². The second-order valence-electron chi connectivity index (χ2n) is 10.1. The van der Waals surface area contributed by atoms with Gasteiger partial charge in [0.2, 0.25) is 5.88 Å². The third-order valence-electron chi connectivity index (χ3n) is 7.62. The Morgan fingerprint density at radius 1 is 0.850 bits per heavy atom. The van der Waals surface area contributed by atoms with Crippen molar-refractivity contribution in [3.8, 4) is 11.6 Å². The first-order valence-electron chi connectivity index (χ1n) is 13.7. The maximum atomic E-state index is 13.6. The van der Waals surface area contributed by atoms with E-state index in [4.69, 9.17) is 9.47 Å². The van der Waals surface area contributed by atoms with Crippen molar-refractivity contribution in [3.05, 3.63) is 108 Å². The zero-order valence-electron chi connectivity index (χ0n) is 22.1. The zero-order chi connectivity index (χ0) is 27.5. The highest BCUT2D eigenvalue weighted by atomic mass is 19.1. The van der Waals surface area contributed by atoms with Crippen LogP contribution in [0.15, 0.2) is 91.0 Å². The molecule has 4 aromatic carbocycles. The van der Waals surface area contributed by atoms with Crippen molar-refractivity contribution >= 4 is 39.0 Å². The number of allylic oxidation sites excluding steroid dienone is 2. The van der Waals surface area contributed by atoms with E-state index in [2.05, 4.69) is 18.2 Å². The molecule has 202 valence electrons. The van der Waals surface area contributed by atoms with Gasteiger partial charge >= 0.3 is 6.16 Å². The minimum Gasteiger partial charge on any atom is -0.493 e. The second kappa shape index (κ2) is 11.3. The van der Waals surface area contributed by atoms with Crippen molar-refractivity contribution in [3.63, 3.8) is 0 Å². The molecule has 1 aliphatic carbocycles. The van der Waals surface area contributed by atoms with Crippen LogP contribution < -0.4 is 9.47 Å². The van der Waals surface area contributed by atoms with Crippen molar-refractivity contribution in [1.82, 2.24) is 4.57 Å². The van der Waals surface area contributed by atoms with Crippen LogP contribution in [0.4, 0.5) is 9.18 Å². The Kier molecular flexibility index (Phi) is 7.23. The fourth-order valence-electron chi connectivity index (χ4n) is 5.83. The molecule has 0 aliphatic heterocycles. The number of halogens is 1. The monoisotopic (exact) mass is 535 g/mol. The van der Waals surface area contributed by atoms with Crippen molar-refractivity contribution in [2.45, 2.75) is 38.6 Å². The lowest BCUT2D eigenvalue weighted by Gasteiger charge is -2.22. The van der Waals surface area contributed by atoms with Gasteiger partial charge in [-0.15, -0.1) is 0 Å². The van der Waals surface area contributed by atoms with Gasteiger partial charge in [-0.05, 0) is 84.0 Å². The molecule has 6 rings (SSSR count). The van der Waals surface area contributed by atoms with Crippen molar-refractivity contribution in [1.29, 1.82) is 0 Å². The van der Waals surface area contributed by atoms with E-state index in [0.29, 0.717) is 25.5 Å². The van der Waals surface area contributed by atoms with Gasteiger partial charge in [0.1, 0.15) is 11.6 Å². The van der Waals surface area contributed by atoms with E-state index < -0.39 is 6.16 Å². The molecule has 0 spiro atoms. The van der Waals surface area contributed by atoms with Crippen LogP contribution in [0.3, 0.4) is 0 Å². The molecule has 0 amide bonds. The summed E-state index contributed by atoms with van der Waals surface area (Å²) in [6.45, 7) is 1.00. The van der Waals surface area contributed by atoms with Gasteiger partial charge in [0.05, 0.1) is 12.1 Å². The minimum atomic E-state index is -1.35. The Bertz CT molecular complexity index is 1710. The Labute approximate surface area is 232 Å². The predicted octanol–water partition coefficient (Wildman–Crippen LogP) is 8.94. The summed E-state index contributed by atoms with van der Waals surface area (Å²) in [7, 11) is 0. The number of carboxylic acid groups (broad SMARTS) is 1. The number of rotatable bonds is 8. The summed E-state index contributed by atoms with van der Waals surface area (Å²) in [5.74, 6) is 0.873. The fourth-order valence-corrected chi connectivity index (χ4v) is 5.83. The summed E-state index contributed by atoms with van der Waals surface area (Å²) in [6, 6.07) is 28.7. The van der Waals surface area contributed by atoms with Gasteiger partial charge in [-0.1, -0.05) is 60.7 Å². The largest absolute Gasteiger partial charge is 0.512 e. The highest BCUT2D eigenvalue weighted by Gasteiger charge is 2.21. The molecular weight excluding hydrogens is 505 g/mol. The molecule has 0 unspecified atom stereocenters. The number of nitrogens with zero attached hydrogens (tertiary/aromatic N) is 1. The maximum absolute atomic E-state index is 13.6. The van der Waals surface area contributed by atoms with E-state index in [-0.39, 0.29) is 5.82 Å². The van der Waals surface area contributed by atoms with Crippen LogP contribution in [0.1, 0.15) is 43.2 Å². The smallest absolute Gasteiger partial charge is 0.493 e. The topological polar surface area (TPSA) is 60.7 Å². The molecule has 0 bridgehead atoms. The van der Waals surface area contributed by atoms with Crippen LogP contribution >= 0.6 is 0 Å². The normalized spacial score (nSPS) is 13.6. The van der Waals surface area contributed by atoms with Crippen LogP contribution in [-0.2, 0) is 6.54 Å². The van der Waals surface area contributed by atoms with E-state index in [0.717, 1.165) is 64.2 Å². The Balaban J connectivity index is 1.32. The van der Waals surface area contributed by atoms with Gasteiger partial charge in [0.25, 0.3) is 0 Å². The number of benzene rings is 4. The van der Waals surface area contributed by atoms with E-state index in [1.54, 1.807) is 0 Å². The predicted molar refractivity (Wildman–Crippen MR) is 156 cm³/mol. The lowest BCUT2D eigenvalue weighted by Crippen LogP contribution is -2.10. The van der Waals surface area contributed by atoms with Gasteiger partial charge in [-0.25, -0.2) is 9.18 Å². The molecule has 0 saturated carbocycles. The molecule has 1 N–H and O–H groups in total. The molecule has 0 fully saturated rings. The molecule has 1 heterocycles. The summed E-state index contributed by atoms with van der Waals surface area (Å²) in [6.07, 6.45) is 3.30. The Hall–Kier alpha value is -4.58. The molecule has 40 heavy (non-hydrogen) atoms. The third kappa shape index (κ3) is 5.17.